The molecule has 0 bridgehead atoms. The van der Waals surface area contributed by atoms with Gasteiger partial charge in [0, 0.05) is 6.54 Å². The maximum Gasteiger partial charge on any atom is 0.262 e. The second kappa shape index (κ2) is 3.42. The first kappa shape index (κ1) is 8.39. The number of nitrogens with two attached hydrogens (primary N) is 1. The molecule has 0 aliphatic carbocycles. The van der Waals surface area contributed by atoms with Gasteiger partial charge in [0.15, 0.2) is 0 Å². The third kappa shape index (κ3) is 2.43. The average molecular weight is 132 g/mol. The molecule has 0 spiro atoms. The van der Waals surface area contributed by atoms with Crippen molar-refractivity contribution in [3.63, 3.8) is 0 Å². The Morgan fingerprint density at radius 2 is 2.33 bits per heavy atom. The summed E-state index contributed by atoms with van der Waals surface area (Å²) in [5.41, 5.74) is 5.16. The monoisotopic (exact) mass is 132 g/mol. The lowest BCUT2D eigenvalue weighted by Crippen LogP contribution is -2.39. The zero-order valence-corrected chi connectivity index (χ0v) is 5.66. The van der Waals surface area contributed by atoms with E-state index in [9.17, 15) is 4.79 Å². The van der Waals surface area contributed by atoms with Crippen molar-refractivity contribution in [1.29, 1.82) is 0 Å². The van der Waals surface area contributed by atoms with E-state index >= 15 is 0 Å². The molecule has 0 radical (unpaired) electrons. The highest BCUT2D eigenvalue weighted by atomic mass is 16.5. The molecule has 54 valence electrons. The van der Waals surface area contributed by atoms with Crippen molar-refractivity contribution in [2.45, 2.75) is 19.9 Å². The lowest BCUT2D eigenvalue weighted by atomic mass is 10.3. The van der Waals surface area contributed by atoms with Crippen molar-refractivity contribution in [3.05, 3.63) is 0 Å². The van der Waals surface area contributed by atoms with Gasteiger partial charge in [0.05, 0.1) is 6.04 Å². The lowest BCUT2D eigenvalue weighted by Gasteiger charge is -2.13. The molecule has 0 saturated heterocycles. The quantitative estimate of drug-likeness (QED) is 0.396. The first-order valence-corrected chi connectivity index (χ1v) is 2.85. The van der Waals surface area contributed by atoms with Gasteiger partial charge in [0.25, 0.3) is 5.91 Å². The third-order valence-electron chi connectivity index (χ3n) is 0.943. The van der Waals surface area contributed by atoms with E-state index in [0.29, 0.717) is 5.06 Å². The fraction of sp³-hybridized carbons (Fsp3) is 0.800. The number of rotatable bonds is 2. The smallest absolute Gasteiger partial charge is 0.262 e. The number of hydrogen-bond donors (Lipinski definition) is 2. The summed E-state index contributed by atoms with van der Waals surface area (Å²) in [6.45, 7) is 3.47. The molecule has 0 saturated carbocycles. The largest absolute Gasteiger partial charge is 0.320 e. The van der Waals surface area contributed by atoms with Gasteiger partial charge in [-0.1, -0.05) is 0 Å². The summed E-state index contributed by atoms with van der Waals surface area (Å²) in [4.78, 5) is 10.6. The molecule has 1 amide bonds. The lowest BCUT2D eigenvalue weighted by molar-refractivity contribution is -0.165. The molecule has 0 unspecified atom stereocenters. The van der Waals surface area contributed by atoms with E-state index in [1.807, 2.05) is 0 Å². The van der Waals surface area contributed by atoms with E-state index < -0.39 is 11.9 Å². The zero-order valence-electron chi connectivity index (χ0n) is 5.66. The van der Waals surface area contributed by atoms with Crippen molar-refractivity contribution in [2.75, 3.05) is 6.54 Å². The van der Waals surface area contributed by atoms with Crippen LogP contribution in [0.15, 0.2) is 0 Å². The molecule has 0 aromatic carbocycles. The Hall–Kier alpha value is -0.610. The summed E-state index contributed by atoms with van der Waals surface area (Å²) in [6.07, 6.45) is 0. The summed E-state index contributed by atoms with van der Waals surface area (Å²) in [5.74, 6) is -0.447. The summed E-state index contributed by atoms with van der Waals surface area (Å²) >= 11 is 0. The van der Waals surface area contributed by atoms with E-state index in [4.69, 9.17) is 10.9 Å². The van der Waals surface area contributed by atoms with Gasteiger partial charge in [-0.15, -0.1) is 0 Å². The zero-order chi connectivity index (χ0) is 7.44. The van der Waals surface area contributed by atoms with E-state index in [0.717, 1.165) is 0 Å². The van der Waals surface area contributed by atoms with Crippen LogP contribution in [-0.2, 0) is 4.79 Å². The molecule has 0 aliphatic rings. The fourth-order valence-electron chi connectivity index (χ4n) is 0.391. The van der Waals surface area contributed by atoms with Crippen LogP contribution in [0.1, 0.15) is 13.8 Å². The van der Waals surface area contributed by atoms with Crippen molar-refractivity contribution in [2.24, 2.45) is 5.73 Å². The number of carbonyl (C=O) groups excluding carboxylic acids is 1. The minimum Gasteiger partial charge on any atom is -0.320 e. The summed E-state index contributed by atoms with van der Waals surface area (Å²) in [6, 6.07) is -0.616. The normalized spacial score (nSPS) is 12.9. The van der Waals surface area contributed by atoms with E-state index in [2.05, 4.69) is 0 Å². The summed E-state index contributed by atoms with van der Waals surface area (Å²) in [5, 5.41) is 9.30. The van der Waals surface area contributed by atoms with Crippen molar-refractivity contribution in [3.8, 4) is 0 Å². The van der Waals surface area contributed by atoms with Crippen molar-refractivity contribution < 1.29 is 10.0 Å². The van der Waals surface area contributed by atoms with Crippen LogP contribution in [0, 0.1) is 0 Å². The molecular weight excluding hydrogens is 120 g/mol. The first-order chi connectivity index (χ1) is 4.09. The second-order valence-electron chi connectivity index (χ2n) is 1.84. The molecule has 0 heterocycles. The van der Waals surface area contributed by atoms with Gasteiger partial charge in [0.2, 0.25) is 0 Å². The molecule has 0 fully saturated rings. The van der Waals surface area contributed by atoms with Crippen molar-refractivity contribution in [1.82, 2.24) is 5.06 Å². The first-order valence-electron chi connectivity index (χ1n) is 2.85. The van der Waals surface area contributed by atoms with Gasteiger partial charge in [-0.2, -0.15) is 0 Å². The molecular formula is C5H12N2O2. The Balaban J connectivity index is 3.73. The van der Waals surface area contributed by atoms with Gasteiger partial charge in [0.1, 0.15) is 0 Å². The van der Waals surface area contributed by atoms with E-state index in [-0.39, 0.29) is 6.54 Å². The Bertz CT molecular complexity index is 103. The van der Waals surface area contributed by atoms with Gasteiger partial charge in [-0.3, -0.25) is 10.0 Å². The van der Waals surface area contributed by atoms with Crippen LogP contribution < -0.4 is 5.73 Å². The highest BCUT2D eigenvalue weighted by Gasteiger charge is 2.12. The molecule has 4 nitrogen and oxygen atoms in total. The van der Waals surface area contributed by atoms with E-state index in [1.165, 1.54) is 6.92 Å². The minimum atomic E-state index is -0.616. The van der Waals surface area contributed by atoms with Crippen LogP contribution >= 0.6 is 0 Å². The second-order valence-corrected chi connectivity index (χ2v) is 1.84. The number of hydrogen-bond acceptors (Lipinski definition) is 3. The molecule has 9 heavy (non-hydrogen) atoms. The van der Waals surface area contributed by atoms with E-state index in [1.54, 1.807) is 6.92 Å². The number of amides is 1. The minimum absolute atomic E-state index is 0.278. The number of likely N-dealkylation sites (N-methyl/N-ethyl adjacent to an activating group) is 1. The molecule has 4 heteroatoms. The molecule has 0 aliphatic heterocycles. The predicted octanol–water partition coefficient (Wildman–Crippen LogP) is -0.429. The maximum atomic E-state index is 10.6. The maximum absolute atomic E-state index is 10.6. The fourth-order valence-corrected chi connectivity index (χ4v) is 0.391. The number of carbonyl (C=O) groups is 1. The van der Waals surface area contributed by atoms with Gasteiger partial charge >= 0.3 is 0 Å². The van der Waals surface area contributed by atoms with Crippen molar-refractivity contribution >= 4 is 5.91 Å². The Labute approximate surface area is 54.2 Å². The van der Waals surface area contributed by atoms with Crippen LogP contribution in [-0.4, -0.2) is 28.8 Å². The number of hydroxylamine groups is 2. The van der Waals surface area contributed by atoms with Crippen LogP contribution in [0.2, 0.25) is 0 Å². The number of nitrogens with zero attached hydrogens (tertiary/aromatic N) is 1. The van der Waals surface area contributed by atoms with Gasteiger partial charge in [-0.25, -0.2) is 5.06 Å². The standard InChI is InChI=1S/C5H12N2O2/c1-3-7(9)5(8)4(2)6/h4,9H,3,6H2,1-2H3/t4-/m0/s1. The molecule has 1 atom stereocenters. The summed E-state index contributed by atoms with van der Waals surface area (Å²) in [7, 11) is 0. The van der Waals surface area contributed by atoms with Crippen LogP contribution in [0.5, 0.6) is 0 Å². The highest BCUT2D eigenvalue weighted by molar-refractivity contribution is 5.79. The van der Waals surface area contributed by atoms with Crippen LogP contribution in [0.25, 0.3) is 0 Å². The Kier molecular flexibility index (Phi) is 3.19. The van der Waals surface area contributed by atoms with Crippen LogP contribution in [0.3, 0.4) is 0 Å². The average Bonchev–Trinajstić information content (AvgIpc) is 1.84. The highest BCUT2D eigenvalue weighted by Crippen LogP contribution is 1.85. The predicted molar refractivity (Wildman–Crippen MR) is 32.8 cm³/mol. The van der Waals surface area contributed by atoms with Gasteiger partial charge < -0.3 is 5.73 Å². The molecule has 0 rings (SSSR count). The SMILES string of the molecule is CCN(O)C(=O)[C@H](C)N. The third-order valence-corrected chi connectivity index (χ3v) is 0.943. The molecule has 0 aromatic heterocycles. The van der Waals surface area contributed by atoms with Gasteiger partial charge in [-0.05, 0) is 13.8 Å². The Morgan fingerprint density at radius 3 is 2.44 bits per heavy atom. The topological polar surface area (TPSA) is 66.6 Å². The molecule has 0 aromatic rings. The summed E-state index contributed by atoms with van der Waals surface area (Å²) < 4.78 is 0. The van der Waals surface area contributed by atoms with Crippen LogP contribution in [0.4, 0.5) is 0 Å². The Morgan fingerprint density at radius 1 is 1.89 bits per heavy atom. The molecule has 3 N–H and O–H groups in total.